The van der Waals surface area contributed by atoms with E-state index in [1.54, 1.807) is 13.1 Å². The number of likely N-dealkylation sites (N-methyl/N-ethyl adjacent to an activating group) is 1. The van der Waals surface area contributed by atoms with E-state index in [1.807, 2.05) is 24.5 Å². The van der Waals surface area contributed by atoms with Gasteiger partial charge in [-0.1, -0.05) is 18.2 Å². The van der Waals surface area contributed by atoms with Crippen LogP contribution in [-0.2, 0) is 9.59 Å². The van der Waals surface area contributed by atoms with Crippen molar-refractivity contribution in [2.75, 3.05) is 37.0 Å². The fourth-order valence-corrected chi connectivity index (χ4v) is 2.91. The molecule has 2 aromatic carbocycles. The van der Waals surface area contributed by atoms with E-state index < -0.39 is 23.2 Å². The first-order valence-corrected chi connectivity index (χ1v) is 9.11. The van der Waals surface area contributed by atoms with E-state index in [0.717, 1.165) is 17.0 Å². The van der Waals surface area contributed by atoms with Crippen molar-refractivity contribution in [2.24, 2.45) is 0 Å². The highest BCUT2D eigenvalue weighted by Gasteiger charge is 2.18. The minimum Gasteiger partial charge on any atom is -0.322 e. The molecule has 8 heteroatoms. The number of amides is 2. The number of nitrogens with one attached hydrogen (secondary N) is 3. The second-order valence-electron chi connectivity index (χ2n) is 5.70. The zero-order valence-corrected chi connectivity index (χ0v) is 15.3. The third kappa shape index (κ3) is 5.53. The van der Waals surface area contributed by atoms with Gasteiger partial charge in [-0.3, -0.25) is 9.59 Å². The molecular formula is C18H20F2N3O2S+. The molecule has 0 heterocycles. The Morgan fingerprint density at radius 3 is 2.15 bits per heavy atom. The summed E-state index contributed by atoms with van der Waals surface area (Å²) >= 11 is 1.51. The van der Waals surface area contributed by atoms with Crippen LogP contribution in [0.25, 0.3) is 0 Å². The van der Waals surface area contributed by atoms with Gasteiger partial charge < -0.3 is 15.5 Å². The Morgan fingerprint density at radius 2 is 1.54 bits per heavy atom. The molecule has 0 aliphatic heterocycles. The molecule has 2 rings (SSSR count). The van der Waals surface area contributed by atoms with Crippen LogP contribution < -0.4 is 15.5 Å². The molecule has 0 aromatic heterocycles. The molecule has 3 N–H and O–H groups in total. The maximum absolute atomic E-state index is 13.5. The SMILES string of the molecule is CSc1ccccc1NC(=O)C[NH+](C)CC(=O)Nc1c(F)cccc1F. The van der Waals surface area contributed by atoms with Gasteiger partial charge in [-0.25, -0.2) is 8.78 Å². The van der Waals surface area contributed by atoms with E-state index >= 15 is 0 Å². The van der Waals surface area contributed by atoms with Crippen LogP contribution in [0.5, 0.6) is 0 Å². The molecule has 138 valence electrons. The van der Waals surface area contributed by atoms with Crippen LogP contribution in [0.4, 0.5) is 20.2 Å². The van der Waals surface area contributed by atoms with Crippen molar-refractivity contribution >= 4 is 35.0 Å². The third-order valence-corrected chi connectivity index (χ3v) is 4.33. The largest absolute Gasteiger partial charge is 0.322 e. The number of rotatable bonds is 7. The molecule has 0 bridgehead atoms. The molecule has 0 saturated carbocycles. The highest BCUT2D eigenvalue weighted by atomic mass is 32.2. The zero-order valence-electron chi connectivity index (χ0n) is 14.4. The van der Waals surface area contributed by atoms with Gasteiger partial charge in [-0.05, 0) is 30.5 Å². The Balaban J connectivity index is 1.88. The first-order valence-electron chi connectivity index (χ1n) is 7.88. The number of hydrogen-bond donors (Lipinski definition) is 3. The van der Waals surface area contributed by atoms with Crippen LogP contribution >= 0.6 is 11.8 Å². The number of halogens is 2. The Kier molecular flexibility index (Phi) is 7.11. The normalized spacial score (nSPS) is 11.7. The molecule has 5 nitrogen and oxygen atoms in total. The molecule has 26 heavy (non-hydrogen) atoms. The zero-order chi connectivity index (χ0) is 19.1. The number of para-hydroxylation sites is 2. The average molecular weight is 380 g/mol. The Morgan fingerprint density at radius 1 is 0.962 bits per heavy atom. The van der Waals surface area contributed by atoms with E-state index in [4.69, 9.17) is 0 Å². The topological polar surface area (TPSA) is 62.6 Å². The van der Waals surface area contributed by atoms with Gasteiger partial charge in [0.05, 0.1) is 12.7 Å². The summed E-state index contributed by atoms with van der Waals surface area (Å²) in [5, 5.41) is 5.01. The highest BCUT2D eigenvalue weighted by Crippen LogP contribution is 2.24. The first kappa shape index (κ1) is 19.9. The number of carbonyl (C=O) groups excluding carboxylic acids is 2. The number of carbonyl (C=O) groups is 2. The van der Waals surface area contributed by atoms with Gasteiger partial charge in [0.2, 0.25) is 0 Å². The van der Waals surface area contributed by atoms with E-state index in [-0.39, 0.29) is 19.0 Å². The Labute approximate surface area is 154 Å². The Bertz CT molecular complexity index is 782. The molecule has 0 aliphatic rings. The lowest BCUT2D eigenvalue weighted by molar-refractivity contribution is -0.862. The summed E-state index contributed by atoms with van der Waals surface area (Å²) in [6.45, 7) is -0.0682. The predicted octanol–water partition coefficient (Wildman–Crippen LogP) is 1.78. The molecule has 1 atom stereocenters. The lowest BCUT2D eigenvalue weighted by Crippen LogP contribution is -3.11. The quantitative estimate of drug-likeness (QED) is 0.642. The van der Waals surface area contributed by atoms with Crippen molar-refractivity contribution in [1.29, 1.82) is 0 Å². The molecule has 0 spiro atoms. The minimum atomic E-state index is -0.845. The summed E-state index contributed by atoms with van der Waals surface area (Å²) in [5.74, 6) is -2.53. The van der Waals surface area contributed by atoms with Crippen LogP contribution in [0.3, 0.4) is 0 Å². The molecule has 2 aromatic rings. The lowest BCUT2D eigenvalue weighted by atomic mass is 10.3. The molecule has 0 radical (unpaired) electrons. The van der Waals surface area contributed by atoms with Gasteiger partial charge in [-0.15, -0.1) is 11.8 Å². The monoisotopic (exact) mass is 380 g/mol. The van der Waals surface area contributed by atoms with Crippen molar-refractivity contribution in [2.45, 2.75) is 4.90 Å². The number of benzene rings is 2. The molecular weight excluding hydrogens is 360 g/mol. The van der Waals surface area contributed by atoms with Crippen LogP contribution in [0.2, 0.25) is 0 Å². The van der Waals surface area contributed by atoms with Gasteiger partial charge in [0.25, 0.3) is 11.8 Å². The van der Waals surface area contributed by atoms with Crippen molar-refractivity contribution in [3.05, 3.63) is 54.1 Å². The number of thioether (sulfide) groups is 1. The summed E-state index contributed by atoms with van der Waals surface area (Å²) in [4.78, 5) is 25.6. The van der Waals surface area contributed by atoms with Gasteiger partial charge >= 0.3 is 0 Å². The fraction of sp³-hybridized carbons (Fsp3) is 0.222. The smallest absolute Gasteiger partial charge is 0.279 e. The van der Waals surface area contributed by atoms with Crippen LogP contribution in [0, 0.1) is 11.6 Å². The average Bonchev–Trinajstić information content (AvgIpc) is 2.58. The van der Waals surface area contributed by atoms with Crippen LogP contribution in [0.1, 0.15) is 0 Å². The lowest BCUT2D eigenvalue weighted by Gasteiger charge is -2.15. The summed E-state index contributed by atoms with van der Waals surface area (Å²) in [6, 6.07) is 10.7. The van der Waals surface area contributed by atoms with Crippen LogP contribution in [-0.4, -0.2) is 38.2 Å². The summed E-state index contributed by atoms with van der Waals surface area (Å²) in [6.07, 6.45) is 1.91. The van der Waals surface area contributed by atoms with Gasteiger partial charge in [-0.2, -0.15) is 0 Å². The maximum Gasteiger partial charge on any atom is 0.279 e. The number of quaternary nitrogens is 1. The van der Waals surface area contributed by atoms with E-state index in [9.17, 15) is 18.4 Å². The van der Waals surface area contributed by atoms with Crippen molar-refractivity contribution in [3.63, 3.8) is 0 Å². The summed E-state index contributed by atoms with van der Waals surface area (Å²) < 4.78 is 27.1. The van der Waals surface area contributed by atoms with Crippen molar-refractivity contribution in [3.8, 4) is 0 Å². The highest BCUT2D eigenvalue weighted by molar-refractivity contribution is 7.98. The van der Waals surface area contributed by atoms with Crippen molar-refractivity contribution < 1.29 is 23.3 Å². The first-order chi connectivity index (χ1) is 12.4. The standard InChI is InChI=1S/C18H19F2N3O2S/c1-23(10-16(24)21-14-8-3-4-9-15(14)26-2)11-17(25)22-18-12(19)6-5-7-13(18)20/h3-9H,10-11H2,1-2H3,(H,21,24)(H,22,25)/p+1. The van der Waals surface area contributed by atoms with Crippen molar-refractivity contribution in [1.82, 2.24) is 0 Å². The maximum atomic E-state index is 13.5. The predicted molar refractivity (Wildman–Crippen MR) is 98.5 cm³/mol. The summed E-state index contributed by atoms with van der Waals surface area (Å²) in [7, 11) is 1.65. The summed E-state index contributed by atoms with van der Waals surface area (Å²) in [5.41, 5.74) is 0.222. The van der Waals surface area contributed by atoms with Gasteiger partial charge in [0.15, 0.2) is 13.1 Å². The fourth-order valence-electron chi connectivity index (χ4n) is 2.35. The number of anilines is 2. The Hall–Kier alpha value is -2.45. The molecule has 0 fully saturated rings. The van der Waals surface area contributed by atoms with E-state index in [0.29, 0.717) is 10.6 Å². The van der Waals surface area contributed by atoms with E-state index in [1.165, 1.54) is 17.8 Å². The minimum absolute atomic E-state index is 0.0376. The molecule has 2 amide bonds. The molecule has 0 saturated heterocycles. The second-order valence-corrected chi connectivity index (χ2v) is 6.55. The van der Waals surface area contributed by atoms with Gasteiger partial charge in [0.1, 0.15) is 17.3 Å². The molecule has 1 unspecified atom stereocenters. The van der Waals surface area contributed by atoms with Crippen LogP contribution in [0.15, 0.2) is 47.4 Å². The number of hydrogen-bond acceptors (Lipinski definition) is 3. The van der Waals surface area contributed by atoms with Gasteiger partial charge in [0, 0.05) is 4.90 Å². The third-order valence-electron chi connectivity index (χ3n) is 3.53. The van der Waals surface area contributed by atoms with E-state index in [2.05, 4.69) is 10.6 Å². The second kappa shape index (κ2) is 9.30. The molecule has 0 aliphatic carbocycles.